The zero-order valence-electron chi connectivity index (χ0n) is 11.2. The van der Waals surface area contributed by atoms with E-state index in [4.69, 9.17) is 21.3 Å². The molecule has 1 fully saturated rings. The van der Waals surface area contributed by atoms with Crippen LogP contribution in [0.5, 0.6) is 5.75 Å². The van der Waals surface area contributed by atoms with E-state index in [0.29, 0.717) is 12.5 Å². The number of benzene rings is 1. The molecule has 0 unspecified atom stereocenters. The normalized spacial score (nSPS) is 16.1. The fourth-order valence-electron chi connectivity index (χ4n) is 2.90. The minimum absolute atomic E-state index is 0.566. The summed E-state index contributed by atoms with van der Waals surface area (Å²) >= 11 is 6.42. The van der Waals surface area contributed by atoms with Gasteiger partial charge in [-0.1, -0.05) is 36.6 Å². The lowest BCUT2D eigenvalue weighted by molar-refractivity contribution is 0.343. The number of fused-ring (bicyclic) bond motifs is 1. The molecule has 100 valence electrons. The van der Waals surface area contributed by atoms with Crippen LogP contribution in [0.3, 0.4) is 0 Å². The first-order valence-corrected chi connectivity index (χ1v) is 7.39. The molecule has 2 nitrogen and oxygen atoms in total. The van der Waals surface area contributed by atoms with Crippen molar-refractivity contribution >= 4 is 22.5 Å². The summed E-state index contributed by atoms with van der Waals surface area (Å²) in [4.78, 5) is 4.83. The van der Waals surface area contributed by atoms with E-state index in [0.717, 1.165) is 27.4 Å². The molecule has 1 aliphatic carbocycles. The van der Waals surface area contributed by atoms with Crippen molar-refractivity contribution in [1.82, 2.24) is 4.98 Å². The number of para-hydroxylation sites is 1. The van der Waals surface area contributed by atoms with Gasteiger partial charge < -0.3 is 4.74 Å². The van der Waals surface area contributed by atoms with E-state index < -0.39 is 0 Å². The third-order valence-electron chi connectivity index (χ3n) is 3.85. The maximum absolute atomic E-state index is 6.42. The van der Waals surface area contributed by atoms with Gasteiger partial charge in [0.05, 0.1) is 11.6 Å². The van der Waals surface area contributed by atoms with Crippen molar-refractivity contribution in [2.75, 3.05) is 6.61 Å². The van der Waals surface area contributed by atoms with E-state index in [2.05, 4.69) is 0 Å². The third-order valence-corrected chi connectivity index (χ3v) is 4.16. The summed E-state index contributed by atoms with van der Waals surface area (Å²) in [5, 5.41) is 1.77. The highest BCUT2D eigenvalue weighted by Gasteiger charge is 2.20. The van der Waals surface area contributed by atoms with Crippen molar-refractivity contribution in [2.45, 2.75) is 38.5 Å². The second-order valence-corrected chi connectivity index (χ2v) is 5.50. The first kappa shape index (κ1) is 12.7. The van der Waals surface area contributed by atoms with Gasteiger partial charge in [0, 0.05) is 17.0 Å². The summed E-state index contributed by atoms with van der Waals surface area (Å²) in [5.41, 5.74) is 2.03. The van der Waals surface area contributed by atoms with E-state index in [1.165, 1.54) is 25.7 Å². The maximum atomic E-state index is 6.42. The van der Waals surface area contributed by atoms with Gasteiger partial charge >= 0.3 is 0 Å². The lowest BCUT2D eigenvalue weighted by atomic mass is 10.0. The van der Waals surface area contributed by atoms with Gasteiger partial charge in [0.25, 0.3) is 0 Å². The Morgan fingerprint density at radius 1 is 1.32 bits per heavy atom. The smallest absolute Gasteiger partial charge is 0.145 e. The van der Waals surface area contributed by atoms with Crippen LogP contribution in [-0.4, -0.2) is 11.6 Å². The fourth-order valence-corrected chi connectivity index (χ4v) is 3.17. The molecule has 2 aromatic rings. The first-order chi connectivity index (χ1) is 9.29. The lowest BCUT2D eigenvalue weighted by Gasteiger charge is -2.13. The molecular weight excluding hydrogens is 258 g/mol. The minimum atomic E-state index is 0.566. The Kier molecular flexibility index (Phi) is 3.61. The second kappa shape index (κ2) is 5.38. The molecule has 0 amide bonds. The molecule has 3 heteroatoms. The number of hydrogen-bond donors (Lipinski definition) is 0. The molecule has 0 aliphatic heterocycles. The van der Waals surface area contributed by atoms with Crippen molar-refractivity contribution in [3.8, 4) is 5.75 Å². The van der Waals surface area contributed by atoms with Crippen LogP contribution in [0.4, 0.5) is 0 Å². The quantitative estimate of drug-likeness (QED) is 0.791. The van der Waals surface area contributed by atoms with E-state index in [1.807, 2.05) is 31.2 Å². The molecule has 0 spiro atoms. The molecule has 0 atom stereocenters. The van der Waals surface area contributed by atoms with E-state index in [-0.39, 0.29) is 0 Å². The fraction of sp³-hybridized carbons (Fsp3) is 0.438. The molecular formula is C16H18ClNO. The van der Waals surface area contributed by atoms with Crippen LogP contribution in [0.15, 0.2) is 24.3 Å². The van der Waals surface area contributed by atoms with Gasteiger partial charge in [-0.25, -0.2) is 4.98 Å². The highest BCUT2D eigenvalue weighted by atomic mass is 35.5. The molecule has 0 radical (unpaired) electrons. The van der Waals surface area contributed by atoms with Crippen molar-refractivity contribution in [2.24, 2.45) is 0 Å². The summed E-state index contributed by atoms with van der Waals surface area (Å²) in [5.74, 6) is 1.40. The van der Waals surface area contributed by atoms with Crippen molar-refractivity contribution in [3.63, 3.8) is 0 Å². The summed E-state index contributed by atoms with van der Waals surface area (Å²) in [6.07, 6.45) is 5.06. The number of nitrogens with zero attached hydrogens (tertiary/aromatic N) is 1. The monoisotopic (exact) mass is 275 g/mol. The molecule has 1 saturated carbocycles. The maximum Gasteiger partial charge on any atom is 0.145 e. The Bertz CT molecular complexity index is 591. The summed E-state index contributed by atoms with van der Waals surface area (Å²) < 4.78 is 5.67. The predicted octanol–water partition coefficient (Wildman–Crippen LogP) is 4.94. The molecule has 0 bridgehead atoms. The lowest BCUT2D eigenvalue weighted by Crippen LogP contribution is -1.99. The zero-order valence-corrected chi connectivity index (χ0v) is 11.9. The molecule has 1 aliphatic rings. The van der Waals surface area contributed by atoms with Crippen molar-refractivity contribution in [1.29, 1.82) is 0 Å². The van der Waals surface area contributed by atoms with Crippen LogP contribution in [0.25, 0.3) is 10.9 Å². The number of ether oxygens (including phenoxy) is 1. The topological polar surface area (TPSA) is 22.1 Å². The summed E-state index contributed by atoms with van der Waals surface area (Å²) in [7, 11) is 0. The highest BCUT2D eigenvalue weighted by Crippen LogP contribution is 2.37. The third kappa shape index (κ3) is 2.42. The number of rotatable bonds is 3. The molecule has 1 aromatic heterocycles. The SMILES string of the molecule is CCOc1cccc2c(Cl)cc(C3CCCC3)nc12. The predicted molar refractivity (Wildman–Crippen MR) is 79.1 cm³/mol. The average molecular weight is 276 g/mol. The van der Waals surface area contributed by atoms with E-state index >= 15 is 0 Å². The number of hydrogen-bond acceptors (Lipinski definition) is 2. The molecule has 1 heterocycles. The van der Waals surface area contributed by atoms with Crippen LogP contribution < -0.4 is 4.74 Å². The van der Waals surface area contributed by atoms with Crippen LogP contribution >= 0.6 is 11.6 Å². The van der Waals surface area contributed by atoms with E-state index in [1.54, 1.807) is 0 Å². The Labute approximate surface area is 118 Å². The summed E-state index contributed by atoms with van der Waals surface area (Å²) in [6.45, 7) is 2.63. The van der Waals surface area contributed by atoms with E-state index in [9.17, 15) is 0 Å². The molecule has 0 N–H and O–H groups in total. The van der Waals surface area contributed by atoms with Gasteiger partial charge in [-0.05, 0) is 31.9 Å². The number of halogens is 1. The molecule has 3 rings (SSSR count). The average Bonchev–Trinajstić information content (AvgIpc) is 2.94. The molecule has 0 saturated heterocycles. The summed E-state index contributed by atoms with van der Waals surface area (Å²) in [6, 6.07) is 7.98. The van der Waals surface area contributed by atoms with Crippen LogP contribution in [-0.2, 0) is 0 Å². The first-order valence-electron chi connectivity index (χ1n) is 7.01. The standard InChI is InChI=1S/C16H18ClNO/c1-2-19-15-9-5-8-12-13(17)10-14(18-16(12)15)11-6-3-4-7-11/h5,8-11H,2-4,6-7H2,1H3. The Hall–Kier alpha value is -1.28. The zero-order chi connectivity index (χ0) is 13.2. The molecule has 19 heavy (non-hydrogen) atoms. The highest BCUT2D eigenvalue weighted by molar-refractivity contribution is 6.35. The largest absolute Gasteiger partial charge is 0.492 e. The Balaban J connectivity index is 2.13. The number of aromatic nitrogens is 1. The van der Waals surface area contributed by atoms with Gasteiger partial charge in [-0.15, -0.1) is 0 Å². The van der Waals surface area contributed by atoms with Gasteiger partial charge in [-0.2, -0.15) is 0 Å². The van der Waals surface area contributed by atoms with Gasteiger partial charge in [0.1, 0.15) is 11.3 Å². The minimum Gasteiger partial charge on any atom is -0.492 e. The van der Waals surface area contributed by atoms with Crippen LogP contribution in [0.1, 0.15) is 44.2 Å². The van der Waals surface area contributed by atoms with Gasteiger partial charge in [0.2, 0.25) is 0 Å². The van der Waals surface area contributed by atoms with Crippen molar-refractivity contribution in [3.05, 3.63) is 35.0 Å². The van der Waals surface area contributed by atoms with Gasteiger partial charge in [-0.3, -0.25) is 0 Å². The van der Waals surface area contributed by atoms with Crippen LogP contribution in [0.2, 0.25) is 5.02 Å². The van der Waals surface area contributed by atoms with Crippen molar-refractivity contribution < 1.29 is 4.74 Å². The number of pyridine rings is 1. The molecule has 1 aromatic carbocycles. The Morgan fingerprint density at radius 3 is 2.84 bits per heavy atom. The Morgan fingerprint density at radius 2 is 2.11 bits per heavy atom. The van der Waals surface area contributed by atoms with Gasteiger partial charge in [0.15, 0.2) is 0 Å². The second-order valence-electron chi connectivity index (χ2n) is 5.10. The van der Waals surface area contributed by atoms with Crippen LogP contribution in [0, 0.1) is 0 Å².